The molecule has 0 saturated heterocycles. The van der Waals surface area contributed by atoms with E-state index in [-0.39, 0.29) is 16.9 Å². The molecule has 23 heavy (non-hydrogen) atoms. The van der Waals surface area contributed by atoms with Gasteiger partial charge >= 0.3 is 6.18 Å². The monoisotopic (exact) mass is 325 g/mol. The first-order valence-corrected chi connectivity index (χ1v) is 6.88. The summed E-state index contributed by atoms with van der Waals surface area (Å²) in [5, 5.41) is 6.37. The second-order valence-corrected chi connectivity index (χ2v) is 4.81. The van der Waals surface area contributed by atoms with Crippen molar-refractivity contribution in [1.82, 2.24) is 9.78 Å². The Labute approximate surface area is 129 Å². The second kappa shape index (κ2) is 6.64. The van der Waals surface area contributed by atoms with Crippen molar-refractivity contribution in [2.45, 2.75) is 26.1 Å². The quantitative estimate of drug-likeness (QED) is 0.940. The van der Waals surface area contributed by atoms with E-state index >= 15 is 0 Å². The Morgan fingerprint density at radius 1 is 1.17 bits per heavy atom. The van der Waals surface area contributed by atoms with E-state index < -0.39 is 17.6 Å². The summed E-state index contributed by atoms with van der Waals surface area (Å²) in [6, 6.07) is 6.56. The Kier molecular flexibility index (Phi) is 4.83. The van der Waals surface area contributed by atoms with Gasteiger partial charge in [-0.2, -0.15) is 18.3 Å². The van der Waals surface area contributed by atoms with Crippen LogP contribution in [-0.2, 0) is 12.7 Å². The van der Waals surface area contributed by atoms with Crippen molar-refractivity contribution in [3.8, 4) is 0 Å². The molecule has 1 aromatic carbocycles. The van der Waals surface area contributed by atoms with E-state index in [1.807, 2.05) is 6.92 Å². The fourth-order valence-electron chi connectivity index (χ4n) is 1.88. The first kappa shape index (κ1) is 16.7. The van der Waals surface area contributed by atoms with Crippen LogP contribution in [-0.4, -0.2) is 15.7 Å². The highest BCUT2D eigenvalue weighted by atomic mass is 19.4. The smallest absolute Gasteiger partial charge is 0.321 e. The van der Waals surface area contributed by atoms with Gasteiger partial charge < -0.3 is 5.32 Å². The van der Waals surface area contributed by atoms with Crippen molar-refractivity contribution in [3.63, 3.8) is 0 Å². The molecule has 0 aliphatic carbocycles. The van der Waals surface area contributed by atoms with Crippen molar-refractivity contribution in [1.29, 1.82) is 0 Å². The number of carbonyl (C=O) groups is 1. The summed E-state index contributed by atoms with van der Waals surface area (Å²) in [5.41, 5.74) is -0.904. The van der Waals surface area contributed by atoms with Crippen molar-refractivity contribution >= 4 is 11.6 Å². The summed E-state index contributed by atoms with van der Waals surface area (Å²) < 4.78 is 38.6. The van der Waals surface area contributed by atoms with Crippen molar-refractivity contribution in [2.75, 3.05) is 5.32 Å². The second-order valence-electron chi connectivity index (χ2n) is 4.81. The third kappa shape index (κ3) is 4.18. The largest absolute Gasteiger partial charge is 0.416 e. The number of alkyl halides is 3. The van der Waals surface area contributed by atoms with Crippen LogP contribution in [0.25, 0.3) is 0 Å². The fourth-order valence-corrected chi connectivity index (χ4v) is 1.88. The molecular formula is C15H14F3N3O2. The zero-order chi connectivity index (χ0) is 17.0. The standard InChI is InChI=1S/C15H14F3N3O2/c1-2-9-21-13(22)8-7-12(20-21)14(23)19-11-5-3-10(4-6-11)15(16,17)18/h3-8H,2,9H2,1H3,(H,19,23). The summed E-state index contributed by atoms with van der Waals surface area (Å²) in [7, 11) is 0. The Bertz CT molecular complexity index is 752. The minimum atomic E-state index is -4.43. The molecule has 5 nitrogen and oxygen atoms in total. The number of aromatic nitrogens is 2. The van der Waals surface area contributed by atoms with Crippen molar-refractivity contribution < 1.29 is 18.0 Å². The molecule has 2 aromatic rings. The molecular weight excluding hydrogens is 311 g/mol. The van der Waals surface area contributed by atoms with Gasteiger partial charge in [0.15, 0.2) is 0 Å². The van der Waals surface area contributed by atoms with E-state index in [0.29, 0.717) is 13.0 Å². The van der Waals surface area contributed by atoms with E-state index in [1.165, 1.54) is 16.8 Å². The molecule has 0 bridgehead atoms. The lowest BCUT2D eigenvalue weighted by Crippen LogP contribution is -2.26. The zero-order valence-electron chi connectivity index (χ0n) is 12.2. The fraction of sp³-hybridized carbons (Fsp3) is 0.267. The van der Waals surface area contributed by atoms with E-state index in [9.17, 15) is 22.8 Å². The van der Waals surface area contributed by atoms with Gasteiger partial charge in [0, 0.05) is 18.3 Å². The number of halogens is 3. The van der Waals surface area contributed by atoms with Gasteiger partial charge in [-0.1, -0.05) is 6.92 Å². The average molecular weight is 325 g/mol. The van der Waals surface area contributed by atoms with E-state index in [1.54, 1.807) is 0 Å². The molecule has 0 fully saturated rings. The maximum Gasteiger partial charge on any atom is 0.416 e. The lowest BCUT2D eigenvalue weighted by atomic mass is 10.2. The maximum atomic E-state index is 12.5. The molecule has 8 heteroatoms. The first-order chi connectivity index (χ1) is 10.8. The van der Waals surface area contributed by atoms with Gasteiger partial charge in [-0.05, 0) is 36.8 Å². The summed E-state index contributed by atoms with van der Waals surface area (Å²) in [6.45, 7) is 2.24. The number of hydrogen-bond acceptors (Lipinski definition) is 3. The summed E-state index contributed by atoms with van der Waals surface area (Å²) in [4.78, 5) is 23.6. The molecule has 1 N–H and O–H groups in total. The number of amides is 1. The Morgan fingerprint density at radius 3 is 2.39 bits per heavy atom. The molecule has 0 aliphatic rings. The number of aryl methyl sites for hydroxylation is 1. The van der Waals surface area contributed by atoms with Crippen molar-refractivity contribution in [3.05, 3.63) is 58.0 Å². The predicted molar refractivity (Wildman–Crippen MR) is 78.2 cm³/mol. The predicted octanol–water partition coefficient (Wildman–Crippen LogP) is 2.92. The van der Waals surface area contributed by atoms with Crippen LogP contribution in [0.5, 0.6) is 0 Å². The number of benzene rings is 1. The van der Waals surface area contributed by atoms with Gasteiger partial charge in [-0.15, -0.1) is 0 Å². The van der Waals surface area contributed by atoms with Gasteiger partial charge in [0.2, 0.25) is 0 Å². The minimum absolute atomic E-state index is 0.0120. The Balaban J connectivity index is 2.16. The topological polar surface area (TPSA) is 64.0 Å². The lowest BCUT2D eigenvalue weighted by molar-refractivity contribution is -0.137. The van der Waals surface area contributed by atoms with Crippen LogP contribution < -0.4 is 10.9 Å². The van der Waals surface area contributed by atoms with Gasteiger partial charge in [-0.25, -0.2) is 4.68 Å². The molecule has 0 radical (unpaired) electrons. The normalized spacial score (nSPS) is 11.3. The van der Waals surface area contributed by atoms with Crippen LogP contribution in [0.2, 0.25) is 0 Å². The average Bonchev–Trinajstić information content (AvgIpc) is 2.49. The highest BCUT2D eigenvalue weighted by Crippen LogP contribution is 2.29. The highest BCUT2D eigenvalue weighted by molar-refractivity contribution is 6.02. The van der Waals surface area contributed by atoms with E-state index in [0.717, 1.165) is 24.3 Å². The molecule has 1 heterocycles. The molecule has 2 rings (SSSR count). The number of nitrogens with zero attached hydrogens (tertiary/aromatic N) is 2. The lowest BCUT2D eigenvalue weighted by Gasteiger charge is -2.09. The summed E-state index contributed by atoms with van der Waals surface area (Å²) in [6.07, 6.45) is -3.75. The van der Waals surface area contributed by atoms with Crippen molar-refractivity contribution in [2.24, 2.45) is 0 Å². The van der Waals surface area contributed by atoms with E-state index in [2.05, 4.69) is 10.4 Å². The maximum absolute atomic E-state index is 12.5. The third-order valence-corrected chi connectivity index (χ3v) is 3.00. The molecule has 0 spiro atoms. The molecule has 0 unspecified atom stereocenters. The molecule has 0 aliphatic heterocycles. The zero-order valence-corrected chi connectivity index (χ0v) is 12.2. The molecule has 1 amide bonds. The van der Waals surface area contributed by atoms with Crippen LogP contribution in [0.1, 0.15) is 29.4 Å². The number of anilines is 1. The SMILES string of the molecule is CCCn1nc(C(=O)Nc2ccc(C(F)(F)F)cc2)ccc1=O. The van der Waals surface area contributed by atoms with Gasteiger partial charge in [0.05, 0.1) is 5.56 Å². The van der Waals surface area contributed by atoms with Gasteiger partial charge in [0.1, 0.15) is 5.69 Å². The van der Waals surface area contributed by atoms with Gasteiger partial charge in [-0.3, -0.25) is 9.59 Å². The summed E-state index contributed by atoms with van der Waals surface area (Å²) in [5.74, 6) is -0.602. The molecule has 0 atom stereocenters. The number of rotatable bonds is 4. The first-order valence-electron chi connectivity index (χ1n) is 6.88. The Morgan fingerprint density at radius 2 is 1.83 bits per heavy atom. The molecule has 1 aromatic heterocycles. The van der Waals surface area contributed by atoms with Crippen LogP contribution >= 0.6 is 0 Å². The molecule has 122 valence electrons. The highest BCUT2D eigenvalue weighted by Gasteiger charge is 2.30. The van der Waals surface area contributed by atoms with Gasteiger partial charge in [0.25, 0.3) is 11.5 Å². The third-order valence-electron chi connectivity index (χ3n) is 3.00. The number of carbonyl (C=O) groups excluding carboxylic acids is 1. The minimum Gasteiger partial charge on any atom is -0.321 e. The van der Waals surface area contributed by atoms with E-state index in [4.69, 9.17) is 0 Å². The van der Waals surface area contributed by atoms with Crippen LogP contribution in [0.15, 0.2) is 41.2 Å². The number of hydrogen-bond donors (Lipinski definition) is 1. The van der Waals surface area contributed by atoms with Crippen LogP contribution in [0, 0.1) is 0 Å². The summed E-state index contributed by atoms with van der Waals surface area (Å²) >= 11 is 0. The van der Waals surface area contributed by atoms with Crippen LogP contribution in [0.4, 0.5) is 18.9 Å². The number of nitrogens with one attached hydrogen (secondary N) is 1. The van der Waals surface area contributed by atoms with Crippen LogP contribution in [0.3, 0.4) is 0 Å². The Hall–Kier alpha value is -2.64. The molecule has 0 saturated carbocycles.